The van der Waals surface area contributed by atoms with Crippen molar-refractivity contribution in [1.29, 1.82) is 0 Å². The van der Waals surface area contributed by atoms with E-state index in [4.69, 9.17) is 0 Å². The summed E-state index contributed by atoms with van der Waals surface area (Å²) in [5.74, 6) is 0. The van der Waals surface area contributed by atoms with Gasteiger partial charge in [-0.3, -0.25) is 0 Å². The zero-order valence-electron chi connectivity index (χ0n) is 8.50. The minimum atomic E-state index is 0. The van der Waals surface area contributed by atoms with E-state index in [0.717, 1.165) is 0 Å². The van der Waals surface area contributed by atoms with Crippen molar-refractivity contribution in [1.82, 2.24) is 0 Å². The Balaban J connectivity index is 0. The maximum atomic E-state index is 0. The van der Waals surface area contributed by atoms with Crippen molar-refractivity contribution in [2.75, 3.05) is 0 Å². The van der Waals surface area contributed by atoms with Crippen LogP contribution in [-0.2, 0) is 17.1 Å². The Morgan fingerprint density at radius 1 is 1.00 bits per heavy atom. The van der Waals surface area contributed by atoms with Crippen molar-refractivity contribution in [3.63, 3.8) is 0 Å². The first-order valence-corrected chi connectivity index (χ1v) is 0. The third kappa shape index (κ3) is 9.79. The second kappa shape index (κ2) is 15.6. The molecule has 0 fully saturated rings. The van der Waals surface area contributed by atoms with Crippen LogP contribution in [0.3, 0.4) is 0 Å². The van der Waals surface area contributed by atoms with E-state index < -0.39 is 0 Å². The average molecular weight is 278 g/mol. The van der Waals surface area contributed by atoms with Crippen LogP contribution in [-0.4, -0.2) is 124 Å². The fourth-order valence-corrected chi connectivity index (χ4v) is 0. The summed E-state index contributed by atoms with van der Waals surface area (Å²) in [4.78, 5) is 0. The maximum absolute atomic E-state index is 0. The van der Waals surface area contributed by atoms with Gasteiger partial charge in [0, 0.05) is 17.1 Å². The molecule has 0 bridgehead atoms. The summed E-state index contributed by atoms with van der Waals surface area (Å²) in [6.07, 6.45) is 0. The van der Waals surface area contributed by atoms with Gasteiger partial charge in [0.15, 0.2) is 0 Å². The van der Waals surface area contributed by atoms with Crippen LogP contribution in [0.25, 0.3) is 0 Å². The Morgan fingerprint density at radius 3 is 1.00 bits per heavy atom. The van der Waals surface area contributed by atoms with Crippen LogP contribution >= 0.6 is 0 Å². The third-order valence-electron chi connectivity index (χ3n) is 0. The van der Waals surface area contributed by atoms with E-state index in [1.165, 1.54) is 0 Å². The zero-order valence-corrected chi connectivity index (χ0v) is 12.5. The molecule has 0 unspecified atom stereocenters. The molecule has 0 spiro atoms. The molecule has 0 amide bonds. The summed E-state index contributed by atoms with van der Waals surface area (Å²) in [5, 5.41) is 0. The molecular formula is H6BaCa2Mn. The average Bonchev–Trinajstić information content (AvgIpc) is 0. The predicted molar refractivity (Wildman–Crippen MR) is 23.9 cm³/mol. The Hall–Kier alpha value is 4.61. The first kappa shape index (κ1) is 23.5. The van der Waals surface area contributed by atoms with Gasteiger partial charge >= 0.3 is 124 Å². The van der Waals surface area contributed by atoms with E-state index in [1.807, 2.05) is 0 Å². The monoisotopic (exact) mass is 279 g/mol. The second-order valence-corrected chi connectivity index (χ2v) is 0. The molecule has 0 aromatic heterocycles. The van der Waals surface area contributed by atoms with Gasteiger partial charge in [0.2, 0.25) is 0 Å². The van der Waals surface area contributed by atoms with Crippen molar-refractivity contribution in [3.05, 3.63) is 0 Å². The molecule has 0 aliphatic rings. The van der Waals surface area contributed by atoms with Crippen molar-refractivity contribution >= 4 is 124 Å². The van der Waals surface area contributed by atoms with Crippen LogP contribution in [0.5, 0.6) is 0 Å². The predicted octanol–water partition coefficient (Wildman–Crippen LogP) is -0.470. The molecule has 0 aliphatic heterocycles. The van der Waals surface area contributed by atoms with Crippen molar-refractivity contribution in [3.8, 4) is 0 Å². The van der Waals surface area contributed by atoms with Crippen LogP contribution in [0, 0.1) is 0 Å². The van der Waals surface area contributed by atoms with Gasteiger partial charge in [-0.2, -0.15) is 0 Å². The second-order valence-electron chi connectivity index (χ2n) is 0. The van der Waals surface area contributed by atoms with Crippen molar-refractivity contribution in [2.24, 2.45) is 0 Å². The molecular weight excluding hydrogens is 272 g/mol. The third-order valence-corrected chi connectivity index (χ3v) is 0. The molecule has 0 aromatic carbocycles. The normalized spacial score (nSPS) is 0. The molecule has 0 saturated carbocycles. The minimum Gasteiger partial charge on any atom is -1.00 e. The largest absolute Gasteiger partial charge is 2.00 e. The van der Waals surface area contributed by atoms with Crippen LogP contribution in [0.2, 0.25) is 0 Å². The van der Waals surface area contributed by atoms with E-state index in [9.17, 15) is 0 Å². The topological polar surface area (TPSA) is 0 Å². The standard InChI is InChI=1S/Ba.2Ca.Mn.6H/q3*+2;;6*-1. The SMILES string of the molecule is [Ba+2].[Ca+2].[Ca+2].[H-].[H-].[H-].[H-].[H-].[H-].[Mn]. The van der Waals surface area contributed by atoms with Crippen molar-refractivity contribution in [2.45, 2.75) is 0 Å². The Morgan fingerprint density at radius 2 is 1.00 bits per heavy atom. The van der Waals surface area contributed by atoms with Gasteiger partial charge in [-0.05, 0) is 0 Å². The maximum Gasteiger partial charge on any atom is 2.00 e. The van der Waals surface area contributed by atoms with Gasteiger partial charge in [0.25, 0.3) is 0 Å². The Kier molecular flexibility index (Phi) is 91.8. The first-order valence-electron chi connectivity index (χ1n) is 0. The van der Waals surface area contributed by atoms with E-state index >= 15 is 0 Å². The van der Waals surface area contributed by atoms with E-state index in [0.29, 0.717) is 0 Å². The molecule has 0 heterocycles. The zero-order chi connectivity index (χ0) is 0. The quantitative estimate of drug-likeness (QED) is 0.526. The molecule has 4 heavy (non-hydrogen) atoms. The van der Waals surface area contributed by atoms with E-state index in [1.54, 1.807) is 0 Å². The summed E-state index contributed by atoms with van der Waals surface area (Å²) >= 11 is 0. The van der Waals surface area contributed by atoms with E-state index in [2.05, 4.69) is 0 Å². The summed E-state index contributed by atoms with van der Waals surface area (Å²) in [6, 6.07) is 0. The van der Waals surface area contributed by atoms with Gasteiger partial charge in [-0.1, -0.05) is 0 Å². The molecule has 0 atom stereocenters. The molecule has 0 aliphatic carbocycles. The molecule has 0 rings (SSSR count). The fourth-order valence-electron chi connectivity index (χ4n) is 0. The van der Waals surface area contributed by atoms with Gasteiger partial charge in [-0.25, -0.2) is 0 Å². The molecule has 0 N–H and O–H groups in total. The van der Waals surface area contributed by atoms with Crippen LogP contribution < -0.4 is 0 Å². The minimum absolute atomic E-state index is 0. The van der Waals surface area contributed by atoms with Crippen molar-refractivity contribution < 1.29 is 25.6 Å². The summed E-state index contributed by atoms with van der Waals surface area (Å²) < 4.78 is 0. The number of hydrogen-bond donors (Lipinski definition) is 0. The summed E-state index contributed by atoms with van der Waals surface area (Å²) in [7, 11) is 0. The molecule has 1 radical (unpaired) electrons. The molecule has 0 saturated heterocycles. The molecule has 0 aromatic rings. The van der Waals surface area contributed by atoms with Crippen LogP contribution in [0.4, 0.5) is 0 Å². The molecule has 4 heteroatoms. The number of hydrogen-bond acceptors (Lipinski definition) is 0. The van der Waals surface area contributed by atoms with Crippen LogP contribution in [0.1, 0.15) is 8.56 Å². The summed E-state index contributed by atoms with van der Waals surface area (Å²) in [5.41, 5.74) is 0. The Labute approximate surface area is 146 Å². The number of rotatable bonds is 0. The van der Waals surface area contributed by atoms with Gasteiger partial charge in [0.1, 0.15) is 0 Å². The van der Waals surface area contributed by atoms with Gasteiger partial charge < -0.3 is 8.56 Å². The van der Waals surface area contributed by atoms with Gasteiger partial charge in [-0.15, -0.1) is 0 Å². The van der Waals surface area contributed by atoms with Crippen LogP contribution in [0.15, 0.2) is 0 Å². The summed E-state index contributed by atoms with van der Waals surface area (Å²) in [6.45, 7) is 0. The van der Waals surface area contributed by atoms with E-state index in [-0.39, 0.29) is 150 Å². The molecule has 19 valence electrons. The Bertz CT molecular complexity index is 15.7. The smallest absolute Gasteiger partial charge is 1.00 e. The van der Waals surface area contributed by atoms with Gasteiger partial charge in [0.05, 0.1) is 0 Å². The first-order chi connectivity index (χ1) is 0. The molecule has 0 nitrogen and oxygen atoms in total. The fraction of sp³-hybridized carbons (Fsp3) is 0.